The first-order valence-corrected chi connectivity index (χ1v) is 7.70. The number of nitrogens with one attached hydrogen (secondary N) is 1. The molecule has 0 aromatic carbocycles. The van der Waals surface area contributed by atoms with Gasteiger partial charge in [-0.15, -0.1) is 11.3 Å². The van der Waals surface area contributed by atoms with Crippen LogP contribution in [-0.4, -0.2) is 23.5 Å². The van der Waals surface area contributed by atoms with Crippen LogP contribution in [-0.2, 0) is 9.59 Å². The molecule has 0 saturated carbocycles. The Labute approximate surface area is 127 Å². The van der Waals surface area contributed by atoms with Gasteiger partial charge in [0.1, 0.15) is 0 Å². The number of carboxylic acids is 1. The second kappa shape index (κ2) is 9.55. The summed E-state index contributed by atoms with van der Waals surface area (Å²) < 4.78 is 0.700. The smallest absolute Gasteiger partial charge is 0.303 e. The topological polar surface area (TPSA) is 66.4 Å². The van der Waals surface area contributed by atoms with Crippen molar-refractivity contribution < 1.29 is 14.7 Å². The number of thiophene rings is 1. The summed E-state index contributed by atoms with van der Waals surface area (Å²) in [6.45, 7) is 0.613. The highest BCUT2D eigenvalue weighted by atomic mass is 35.5. The lowest BCUT2D eigenvalue weighted by Gasteiger charge is -2.01. The molecule has 0 spiro atoms. The van der Waals surface area contributed by atoms with Crippen LogP contribution in [0.1, 0.15) is 37.0 Å². The van der Waals surface area contributed by atoms with E-state index in [9.17, 15) is 9.59 Å². The predicted octanol–water partition coefficient (Wildman–Crippen LogP) is 3.57. The van der Waals surface area contributed by atoms with E-state index in [1.165, 1.54) is 17.4 Å². The molecule has 0 radical (unpaired) electrons. The average molecular weight is 316 g/mol. The zero-order chi connectivity index (χ0) is 14.8. The van der Waals surface area contributed by atoms with Gasteiger partial charge in [0.05, 0.1) is 4.34 Å². The Morgan fingerprint density at radius 2 is 2.00 bits per heavy atom. The van der Waals surface area contributed by atoms with E-state index in [0.717, 1.165) is 24.1 Å². The monoisotopic (exact) mass is 315 g/mol. The number of aliphatic carboxylic acids is 1. The van der Waals surface area contributed by atoms with Crippen molar-refractivity contribution in [3.8, 4) is 0 Å². The SMILES string of the molecule is O=C(O)CCCCCCNC(=O)/C=C/c1ccc(Cl)s1. The third-order valence-electron chi connectivity index (χ3n) is 2.61. The molecule has 6 heteroatoms. The van der Waals surface area contributed by atoms with Gasteiger partial charge in [-0.2, -0.15) is 0 Å². The molecule has 20 heavy (non-hydrogen) atoms. The molecule has 1 aromatic rings. The molecule has 0 saturated heterocycles. The number of halogens is 1. The van der Waals surface area contributed by atoms with Crippen molar-refractivity contribution in [1.29, 1.82) is 0 Å². The van der Waals surface area contributed by atoms with Crippen molar-refractivity contribution in [3.05, 3.63) is 27.4 Å². The summed E-state index contributed by atoms with van der Waals surface area (Å²) in [4.78, 5) is 22.7. The maximum Gasteiger partial charge on any atom is 0.303 e. The largest absolute Gasteiger partial charge is 0.481 e. The van der Waals surface area contributed by atoms with Crippen LogP contribution < -0.4 is 5.32 Å². The van der Waals surface area contributed by atoms with Gasteiger partial charge in [0.2, 0.25) is 5.91 Å². The van der Waals surface area contributed by atoms with Crippen molar-refractivity contribution in [1.82, 2.24) is 5.32 Å². The zero-order valence-electron chi connectivity index (χ0n) is 11.1. The number of amides is 1. The summed E-state index contributed by atoms with van der Waals surface area (Å²) in [5, 5.41) is 11.3. The highest BCUT2D eigenvalue weighted by molar-refractivity contribution is 7.17. The molecule has 0 atom stereocenters. The van der Waals surface area contributed by atoms with Gasteiger partial charge in [-0.3, -0.25) is 9.59 Å². The van der Waals surface area contributed by atoms with Crippen LogP contribution >= 0.6 is 22.9 Å². The molecule has 0 aliphatic heterocycles. The van der Waals surface area contributed by atoms with E-state index in [2.05, 4.69) is 5.32 Å². The van der Waals surface area contributed by atoms with Gasteiger partial charge >= 0.3 is 5.97 Å². The van der Waals surface area contributed by atoms with Crippen molar-refractivity contribution in [3.63, 3.8) is 0 Å². The van der Waals surface area contributed by atoms with Gasteiger partial charge in [0.15, 0.2) is 0 Å². The maximum absolute atomic E-state index is 11.5. The van der Waals surface area contributed by atoms with Crippen molar-refractivity contribution in [2.75, 3.05) is 6.54 Å². The maximum atomic E-state index is 11.5. The van der Waals surface area contributed by atoms with Gasteiger partial charge in [0, 0.05) is 23.9 Å². The van der Waals surface area contributed by atoms with E-state index < -0.39 is 5.97 Å². The minimum absolute atomic E-state index is 0.125. The summed E-state index contributed by atoms with van der Waals surface area (Å²) in [7, 11) is 0. The van der Waals surface area contributed by atoms with E-state index >= 15 is 0 Å². The van der Waals surface area contributed by atoms with Gasteiger partial charge < -0.3 is 10.4 Å². The molecular formula is C14H18ClNO3S. The fourth-order valence-corrected chi connectivity index (χ4v) is 2.56. The van der Waals surface area contributed by atoms with Crippen LogP contribution in [0.5, 0.6) is 0 Å². The quantitative estimate of drug-likeness (QED) is 0.541. The van der Waals surface area contributed by atoms with Crippen LogP contribution in [0.3, 0.4) is 0 Å². The minimum Gasteiger partial charge on any atom is -0.481 e. The molecule has 1 rings (SSSR count). The van der Waals surface area contributed by atoms with Gasteiger partial charge in [-0.1, -0.05) is 24.4 Å². The normalized spacial score (nSPS) is 10.8. The number of hydrogen-bond acceptors (Lipinski definition) is 3. The van der Waals surface area contributed by atoms with Gasteiger partial charge in [0.25, 0.3) is 0 Å². The molecule has 0 bridgehead atoms. The summed E-state index contributed by atoms with van der Waals surface area (Å²) in [6, 6.07) is 3.65. The highest BCUT2D eigenvalue weighted by Gasteiger charge is 1.98. The van der Waals surface area contributed by atoms with Crippen LogP contribution in [0.4, 0.5) is 0 Å². The van der Waals surface area contributed by atoms with E-state index in [1.807, 2.05) is 6.07 Å². The number of carbonyl (C=O) groups excluding carboxylic acids is 1. The summed E-state index contributed by atoms with van der Waals surface area (Å²) in [5.74, 6) is -0.878. The Bertz CT molecular complexity index is 471. The predicted molar refractivity (Wildman–Crippen MR) is 82.1 cm³/mol. The van der Waals surface area contributed by atoms with E-state index in [1.54, 1.807) is 12.1 Å². The molecule has 110 valence electrons. The minimum atomic E-state index is -0.753. The average Bonchev–Trinajstić information content (AvgIpc) is 2.81. The molecule has 4 nitrogen and oxygen atoms in total. The number of carbonyl (C=O) groups is 2. The summed E-state index contributed by atoms with van der Waals surface area (Å²) >= 11 is 7.21. The summed E-state index contributed by atoms with van der Waals surface area (Å²) in [6.07, 6.45) is 6.82. The lowest BCUT2D eigenvalue weighted by Crippen LogP contribution is -2.21. The standard InChI is InChI=1S/C14H18ClNO3S/c15-12-8-6-11(20-12)7-9-13(17)16-10-4-2-1-3-5-14(18)19/h6-9H,1-5,10H2,(H,16,17)(H,18,19)/b9-7+. The second-order valence-electron chi connectivity index (χ2n) is 4.32. The van der Waals surface area contributed by atoms with Gasteiger partial charge in [-0.05, 0) is 31.1 Å². The highest BCUT2D eigenvalue weighted by Crippen LogP contribution is 2.22. The number of rotatable bonds is 9. The Morgan fingerprint density at radius 3 is 2.65 bits per heavy atom. The third kappa shape index (κ3) is 7.96. The van der Waals surface area contributed by atoms with Crippen molar-refractivity contribution >= 4 is 40.9 Å². The van der Waals surface area contributed by atoms with Crippen LogP contribution in [0.25, 0.3) is 6.08 Å². The summed E-state index contributed by atoms with van der Waals surface area (Å²) in [5.41, 5.74) is 0. The third-order valence-corrected chi connectivity index (χ3v) is 3.81. The van der Waals surface area contributed by atoms with Crippen molar-refractivity contribution in [2.45, 2.75) is 32.1 Å². The number of carboxylic acid groups (broad SMARTS) is 1. The molecule has 1 amide bonds. The lowest BCUT2D eigenvalue weighted by atomic mass is 10.1. The first-order valence-electron chi connectivity index (χ1n) is 6.51. The fraction of sp³-hybridized carbons (Fsp3) is 0.429. The zero-order valence-corrected chi connectivity index (χ0v) is 12.7. The van der Waals surface area contributed by atoms with E-state index in [-0.39, 0.29) is 12.3 Å². The second-order valence-corrected chi connectivity index (χ2v) is 6.07. The van der Waals surface area contributed by atoms with Crippen LogP contribution in [0, 0.1) is 0 Å². The first-order chi connectivity index (χ1) is 9.58. The molecule has 0 aliphatic carbocycles. The fourth-order valence-electron chi connectivity index (χ4n) is 1.60. The van der Waals surface area contributed by atoms with Gasteiger partial charge in [-0.25, -0.2) is 0 Å². The Hall–Kier alpha value is -1.33. The van der Waals surface area contributed by atoms with E-state index in [0.29, 0.717) is 17.3 Å². The molecule has 0 fully saturated rings. The molecule has 1 heterocycles. The molecule has 0 aliphatic rings. The van der Waals surface area contributed by atoms with E-state index in [4.69, 9.17) is 16.7 Å². The Balaban J connectivity index is 2.05. The number of unbranched alkanes of at least 4 members (excludes halogenated alkanes) is 3. The lowest BCUT2D eigenvalue weighted by molar-refractivity contribution is -0.137. The molecule has 0 unspecified atom stereocenters. The van der Waals surface area contributed by atoms with Crippen LogP contribution in [0.2, 0.25) is 4.34 Å². The Morgan fingerprint density at radius 1 is 1.25 bits per heavy atom. The Kier molecular flexibility index (Phi) is 7.99. The van der Waals surface area contributed by atoms with Crippen molar-refractivity contribution in [2.24, 2.45) is 0 Å². The molecular weight excluding hydrogens is 298 g/mol. The molecule has 1 aromatic heterocycles. The molecule has 2 N–H and O–H groups in total. The van der Waals surface area contributed by atoms with Crippen LogP contribution in [0.15, 0.2) is 18.2 Å². The number of hydrogen-bond donors (Lipinski definition) is 2. The first kappa shape index (κ1) is 16.7.